The highest BCUT2D eigenvalue weighted by Crippen LogP contribution is 2.34. The quantitative estimate of drug-likeness (QED) is 0.856. The van der Waals surface area contributed by atoms with Crippen molar-refractivity contribution in [2.24, 2.45) is 0 Å². The minimum absolute atomic E-state index is 0.124. The zero-order chi connectivity index (χ0) is 15.6. The van der Waals surface area contributed by atoms with Crippen molar-refractivity contribution in [3.8, 4) is 5.75 Å². The van der Waals surface area contributed by atoms with Crippen molar-refractivity contribution in [3.05, 3.63) is 50.7 Å². The van der Waals surface area contributed by atoms with Crippen LogP contribution in [-0.2, 0) is 0 Å². The Balaban J connectivity index is 2.23. The Morgan fingerprint density at radius 1 is 1.24 bits per heavy atom. The molecule has 1 heterocycles. The maximum absolute atomic E-state index is 12.1. The van der Waals surface area contributed by atoms with E-state index >= 15 is 0 Å². The molecule has 2 nitrogen and oxygen atoms in total. The van der Waals surface area contributed by atoms with Crippen LogP contribution in [0.25, 0.3) is 0 Å². The van der Waals surface area contributed by atoms with Gasteiger partial charge < -0.3 is 10.1 Å². The lowest BCUT2D eigenvalue weighted by Gasteiger charge is -2.16. The second-order valence-corrected chi connectivity index (χ2v) is 6.13. The van der Waals surface area contributed by atoms with Crippen LogP contribution >= 0.6 is 22.9 Å². The number of rotatable bonds is 4. The summed E-state index contributed by atoms with van der Waals surface area (Å²) >= 11 is 7.51. The molecule has 1 aromatic carbocycles. The topological polar surface area (TPSA) is 21.3 Å². The van der Waals surface area contributed by atoms with Gasteiger partial charge in [-0.25, -0.2) is 0 Å². The maximum atomic E-state index is 12.1. The van der Waals surface area contributed by atoms with Crippen LogP contribution in [-0.4, -0.2) is 13.4 Å². The Kier molecular flexibility index (Phi) is 4.81. The second kappa shape index (κ2) is 6.25. The van der Waals surface area contributed by atoms with Gasteiger partial charge in [0.2, 0.25) is 0 Å². The van der Waals surface area contributed by atoms with Gasteiger partial charge in [0.15, 0.2) is 0 Å². The number of alkyl halides is 3. The summed E-state index contributed by atoms with van der Waals surface area (Å²) in [5.41, 5.74) is 1.82. The molecule has 0 aliphatic carbocycles. The third kappa shape index (κ3) is 4.12. The van der Waals surface area contributed by atoms with Gasteiger partial charge in [0.25, 0.3) is 0 Å². The Morgan fingerprint density at radius 2 is 1.86 bits per heavy atom. The summed E-state index contributed by atoms with van der Waals surface area (Å²) in [7, 11) is 1.79. The number of ether oxygens (including phenoxy) is 1. The minimum Gasteiger partial charge on any atom is -0.406 e. The Bertz CT molecular complexity index is 590. The molecule has 0 amide bonds. The number of aryl methyl sites for hydroxylation is 1. The van der Waals surface area contributed by atoms with E-state index in [-0.39, 0.29) is 11.8 Å². The molecule has 7 heteroatoms. The van der Waals surface area contributed by atoms with Crippen LogP contribution in [0.3, 0.4) is 0 Å². The molecule has 0 fully saturated rings. The highest BCUT2D eigenvalue weighted by atomic mass is 35.5. The number of hydrogen-bond acceptors (Lipinski definition) is 3. The standard InChI is InChI=1S/C14H13ClF3NOS/c1-8-7-11(21-13(8)15)12(19-2)9-3-5-10(6-4-9)20-14(16,17)18/h3-7,12,19H,1-2H3. The summed E-state index contributed by atoms with van der Waals surface area (Å²) in [6, 6.07) is 7.65. The summed E-state index contributed by atoms with van der Waals surface area (Å²) in [6.45, 7) is 1.91. The van der Waals surface area contributed by atoms with Crippen molar-refractivity contribution in [3.63, 3.8) is 0 Å². The molecule has 21 heavy (non-hydrogen) atoms. The Hall–Kier alpha value is -1.24. The fraction of sp³-hybridized carbons (Fsp3) is 0.286. The molecule has 1 N–H and O–H groups in total. The number of nitrogens with one attached hydrogen (secondary N) is 1. The van der Waals surface area contributed by atoms with E-state index < -0.39 is 6.36 Å². The van der Waals surface area contributed by atoms with Gasteiger partial charge in [0.05, 0.1) is 10.4 Å². The molecule has 0 saturated carbocycles. The van der Waals surface area contributed by atoms with E-state index in [2.05, 4.69) is 10.1 Å². The Labute approximate surface area is 129 Å². The molecule has 0 radical (unpaired) electrons. The van der Waals surface area contributed by atoms with Crippen molar-refractivity contribution >= 4 is 22.9 Å². The van der Waals surface area contributed by atoms with Crippen molar-refractivity contribution in [1.29, 1.82) is 0 Å². The van der Waals surface area contributed by atoms with Crippen LogP contribution in [0.2, 0.25) is 4.34 Å². The van der Waals surface area contributed by atoms with E-state index in [0.717, 1.165) is 16.0 Å². The lowest BCUT2D eigenvalue weighted by Crippen LogP contribution is -2.18. The number of hydrogen-bond donors (Lipinski definition) is 1. The molecule has 1 atom stereocenters. The molecule has 0 saturated heterocycles. The van der Waals surface area contributed by atoms with Crippen LogP contribution in [0, 0.1) is 6.92 Å². The fourth-order valence-electron chi connectivity index (χ4n) is 1.96. The van der Waals surface area contributed by atoms with E-state index in [1.165, 1.54) is 23.5 Å². The summed E-state index contributed by atoms with van der Waals surface area (Å²) in [4.78, 5) is 1.00. The minimum atomic E-state index is -4.68. The molecule has 2 aromatic rings. The average Bonchev–Trinajstić information content (AvgIpc) is 2.70. The molecule has 0 spiro atoms. The molecule has 0 aliphatic heterocycles. The molecule has 2 rings (SSSR count). The van der Waals surface area contributed by atoms with Crippen LogP contribution in [0.5, 0.6) is 5.75 Å². The Morgan fingerprint density at radius 3 is 2.29 bits per heavy atom. The zero-order valence-electron chi connectivity index (χ0n) is 11.3. The number of benzene rings is 1. The molecule has 114 valence electrons. The summed E-state index contributed by atoms with van der Waals surface area (Å²) in [6.07, 6.45) is -4.68. The van der Waals surface area contributed by atoms with Gasteiger partial charge in [-0.1, -0.05) is 23.7 Å². The lowest BCUT2D eigenvalue weighted by molar-refractivity contribution is -0.274. The maximum Gasteiger partial charge on any atom is 0.573 e. The number of thiophene rings is 1. The monoisotopic (exact) mass is 335 g/mol. The van der Waals surface area contributed by atoms with Gasteiger partial charge in [0.1, 0.15) is 5.75 Å². The first-order valence-corrected chi connectivity index (χ1v) is 7.28. The van der Waals surface area contributed by atoms with E-state index in [1.807, 2.05) is 13.0 Å². The van der Waals surface area contributed by atoms with Crippen molar-refractivity contribution < 1.29 is 17.9 Å². The van der Waals surface area contributed by atoms with E-state index in [1.54, 1.807) is 19.2 Å². The molecular weight excluding hydrogens is 323 g/mol. The molecule has 1 unspecified atom stereocenters. The van der Waals surface area contributed by atoms with Crippen LogP contribution in [0.1, 0.15) is 22.0 Å². The third-order valence-corrected chi connectivity index (χ3v) is 4.52. The SMILES string of the molecule is CNC(c1ccc(OC(F)(F)F)cc1)c1cc(C)c(Cl)s1. The van der Waals surface area contributed by atoms with Gasteiger partial charge in [-0.15, -0.1) is 24.5 Å². The largest absolute Gasteiger partial charge is 0.573 e. The molecule has 0 aliphatic rings. The van der Waals surface area contributed by atoms with Crippen molar-refractivity contribution in [2.45, 2.75) is 19.3 Å². The van der Waals surface area contributed by atoms with E-state index in [4.69, 9.17) is 11.6 Å². The lowest BCUT2D eigenvalue weighted by atomic mass is 10.1. The highest BCUT2D eigenvalue weighted by Gasteiger charge is 2.31. The average molecular weight is 336 g/mol. The van der Waals surface area contributed by atoms with Gasteiger partial charge in [-0.05, 0) is 43.3 Å². The van der Waals surface area contributed by atoms with E-state index in [9.17, 15) is 13.2 Å². The van der Waals surface area contributed by atoms with Crippen molar-refractivity contribution in [1.82, 2.24) is 5.32 Å². The predicted octanol–water partition coefficient (Wildman–Crippen LogP) is 4.92. The number of halogens is 4. The normalized spacial score (nSPS) is 13.2. The fourth-order valence-corrected chi connectivity index (χ4v) is 3.32. The third-order valence-electron chi connectivity index (χ3n) is 2.90. The van der Waals surface area contributed by atoms with Gasteiger partial charge in [-0.2, -0.15) is 0 Å². The first kappa shape index (κ1) is 16.1. The van der Waals surface area contributed by atoms with Gasteiger partial charge in [0, 0.05) is 4.88 Å². The second-order valence-electron chi connectivity index (χ2n) is 4.44. The van der Waals surface area contributed by atoms with Crippen LogP contribution < -0.4 is 10.1 Å². The molecule has 1 aromatic heterocycles. The zero-order valence-corrected chi connectivity index (χ0v) is 12.9. The van der Waals surface area contributed by atoms with Gasteiger partial charge in [-0.3, -0.25) is 0 Å². The smallest absolute Gasteiger partial charge is 0.406 e. The first-order valence-electron chi connectivity index (χ1n) is 6.09. The van der Waals surface area contributed by atoms with E-state index in [0.29, 0.717) is 4.34 Å². The van der Waals surface area contributed by atoms with Crippen LogP contribution in [0.15, 0.2) is 30.3 Å². The highest BCUT2D eigenvalue weighted by molar-refractivity contribution is 7.16. The molecule has 0 bridgehead atoms. The molecular formula is C14H13ClF3NOS. The predicted molar refractivity (Wildman–Crippen MR) is 78.1 cm³/mol. The summed E-state index contributed by atoms with van der Waals surface area (Å²) in [5.74, 6) is -0.235. The van der Waals surface area contributed by atoms with Gasteiger partial charge >= 0.3 is 6.36 Å². The van der Waals surface area contributed by atoms with Crippen molar-refractivity contribution in [2.75, 3.05) is 7.05 Å². The first-order chi connectivity index (χ1) is 9.80. The summed E-state index contributed by atoms with van der Waals surface area (Å²) in [5, 5.41) is 3.13. The van der Waals surface area contributed by atoms with Crippen LogP contribution in [0.4, 0.5) is 13.2 Å². The summed E-state index contributed by atoms with van der Waals surface area (Å²) < 4.78 is 41.0.